The maximum atomic E-state index is 12.3. The first-order valence-electron chi connectivity index (χ1n) is 11.6. The fourth-order valence-corrected chi connectivity index (χ4v) is 7.33. The van der Waals surface area contributed by atoms with Gasteiger partial charge >= 0.3 is 0 Å². The predicted molar refractivity (Wildman–Crippen MR) is 138 cm³/mol. The molecular formula is C22H29ClN8O2S2. The van der Waals surface area contributed by atoms with Gasteiger partial charge in [-0.15, -0.1) is 0 Å². The molecule has 2 aliphatic heterocycles. The Morgan fingerprint density at radius 2 is 1.89 bits per heavy atom. The zero-order chi connectivity index (χ0) is 24.8. The van der Waals surface area contributed by atoms with Crippen LogP contribution >= 0.6 is 23.4 Å². The SMILES string of the molecule is CCS(=O)(=O)N1CCC2(CCN(c3ncc(Sc4ccnc(N)c4Cl)c4nccn34)CC2)C(N)C1. The van der Waals surface area contributed by atoms with Crippen molar-refractivity contribution in [1.82, 2.24) is 23.7 Å². The summed E-state index contributed by atoms with van der Waals surface area (Å²) in [5, 5.41) is 0.418. The Morgan fingerprint density at radius 1 is 1.14 bits per heavy atom. The number of sulfonamides is 1. The molecule has 5 rings (SSSR count). The minimum absolute atomic E-state index is 0.0435. The average Bonchev–Trinajstić information content (AvgIpc) is 3.35. The predicted octanol–water partition coefficient (Wildman–Crippen LogP) is 2.48. The van der Waals surface area contributed by atoms with Crippen molar-refractivity contribution in [2.75, 3.05) is 42.6 Å². The highest BCUT2D eigenvalue weighted by Crippen LogP contribution is 2.42. The van der Waals surface area contributed by atoms with Gasteiger partial charge in [0.25, 0.3) is 0 Å². The van der Waals surface area contributed by atoms with Crippen molar-refractivity contribution in [3.63, 3.8) is 0 Å². The van der Waals surface area contributed by atoms with E-state index in [0.717, 1.165) is 53.7 Å². The van der Waals surface area contributed by atoms with Crippen molar-refractivity contribution < 1.29 is 8.42 Å². The van der Waals surface area contributed by atoms with Crippen molar-refractivity contribution >= 4 is 50.8 Å². The third kappa shape index (κ3) is 4.46. The lowest BCUT2D eigenvalue weighted by molar-refractivity contribution is 0.0904. The molecule has 0 aromatic carbocycles. The Kier molecular flexibility index (Phi) is 6.60. The summed E-state index contributed by atoms with van der Waals surface area (Å²) in [6.07, 6.45) is 9.71. The van der Waals surface area contributed by atoms with Gasteiger partial charge in [-0.3, -0.25) is 4.40 Å². The van der Waals surface area contributed by atoms with Gasteiger partial charge in [0.1, 0.15) is 5.82 Å². The number of imidazole rings is 1. The minimum Gasteiger partial charge on any atom is -0.382 e. The summed E-state index contributed by atoms with van der Waals surface area (Å²) in [6, 6.07) is 1.65. The number of halogens is 1. The molecule has 2 saturated heterocycles. The molecule has 35 heavy (non-hydrogen) atoms. The molecule has 5 heterocycles. The van der Waals surface area contributed by atoms with Crippen LogP contribution in [0, 0.1) is 5.41 Å². The highest BCUT2D eigenvalue weighted by Gasteiger charge is 2.45. The van der Waals surface area contributed by atoms with Crippen LogP contribution in [-0.4, -0.2) is 70.0 Å². The molecule has 4 N–H and O–H groups in total. The third-order valence-electron chi connectivity index (χ3n) is 7.32. The zero-order valence-electron chi connectivity index (χ0n) is 19.5. The van der Waals surface area contributed by atoms with Crippen molar-refractivity contribution in [3.8, 4) is 0 Å². The molecule has 1 spiro atoms. The summed E-state index contributed by atoms with van der Waals surface area (Å²) in [5.74, 6) is 1.23. The molecule has 3 aromatic rings. The van der Waals surface area contributed by atoms with Crippen LogP contribution in [0.4, 0.5) is 11.8 Å². The molecule has 2 fully saturated rings. The summed E-state index contributed by atoms with van der Waals surface area (Å²) in [5.41, 5.74) is 13.2. The van der Waals surface area contributed by atoms with E-state index in [9.17, 15) is 8.42 Å². The van der Waals surface area contributed by atoms with Gasteiger partial charge in [-0.1, -0.05) is 23.4 Å². The number of nitrogens with zero attached hydrogens (tertiary/aromatic N) is 6. The molecule has 0 amide bonds. The van der Waals surface area contributed by atoms with Crippen LogP contribution in [0.15, 0.2) is 40.6 Å². The van der Waals surface area contributed by atoms with Gasteiger partial charge in [0, 0.05) is 61.9 Å². The second kappa shape index (κ2) is 9.40. The second-order valence-electron chi connectivity index (χ2n) is 9.12. The summed E-state index contributed by atoms with van der Waals surface area (Å²) in [7, 11) is -3.21. The monoisotopic (exact) mass is 536 g/mol. The van der Waals surface area contributed by atoms with Gasteiger partial charge in [0.15, 0.2) is 5.65 Å². The zero-order valence-corrected chi connectivity index (χ0v) is 21.9. The fraction of sp³-hybridized carbons (Fsp3) is 0.500. The number of hydrogen-bond acceptors (Lipinski definition) is 9. The van der Waals surface area contributed by atoms with Gasteiger partial charge in [0.2, 0.25) is 16.0 Å². The van der Waals surface area contributed by atoms with Gasteiger partial charge in [0.05, 0.1) is 15.7 Å². The van der Waals surface area contributed by atoms with Gasteiger partial charge < -0.3 is 16.4 Å². The van der Waals surface area contributed by atoms with E-state index in [4.69, 9.17) is 28.1 Å². The standard InChI is InChI=1S/C22H29ClN8O2S2/c1-2-35(32,33)30-11-6-22(17(24)14-30)4-9-29(10-5-22)21-28-13-16(20-27-8-12-31(20)21)34-15-3-7-26-19(25)18(15)23/h3,7-8,12-13,17H,2,4-6,9-11,14,24H2,1H3,(H2,25,26). The molecule has 0 bridgehead atoms. The lowest BCUT2D eigenvalue weighted by Crippen LogP contribution is -2.59. The lowest BCUT2D eigenvalue weighted by Gasteiger charge is -2.50. The number of hydrogen-bond donors (Lipinski definition) is 2. The lowest BCUT2D eigenvalue weighted by atomic mass is 9.68. The topological polar surface area (TPSA) is 136 Å². The van der Waals surface area contributed by atoms with Crippen LogP contribution in [-0.2, 0) is 10.0 Å². The number of nitrogens with two attached hydrogens (primary N) is 2. The van der Waals surface area contributed by atoms with Crippen LogP contribution in [0.3, 0.4) is 0 Å². The molecule has 0 aliphatic carbocycles. The smallest absolute Gasteiger partial charge is 0.213 e. The number of piperidine rings is 2. The third-order valence-corrected chi connectivity index (χ3v) is 10.7. The normalized spacial score (nSPS) is 21.1. The molecule has 1 atom stereocenters. The molecule has 13 heteroatoms. The van der Waals surface area contributed by atoms with Gasteiger partial charge in [-0.25, -0.2) is 27.7 Å². The van der Waals surface area contributed by atoms with E-state index in [2.05, 4.69) is 14.9 Å². The Bertz CT molecular complexity index is 1340. The van der Waals surface area contributed by atoms with E-state index in [1.165, 1.54) is 11.8 Å². The van der Waals surface area contributed by atoms with Gasteiger partial charge in [-0.2, -0.15) is 0 Å². The molecular weight excluding hydrogens is 508 g/mol. The van der Waals surface area contributed by atoms with Crippen molar-refractivity contribution in [2.45, 2.75) is 42.0 Å². The van der Waals surface area contributed by atoms with E-state index in [1.807, 2.05) is 22.9 Å². The number of aromatic nitrogens is 4. The Labute approximate surface area is 214 Å². The van der Waals surface area contributed by atoms with Crippen LogP contribution in [0.2, 0.25) is 5.02 Å². The first-order chi connectivity index (χ1) is 16.7. The maximum absolute atomic E-state index is 12.3. The summed E-state index contributed by atoms with van der Waals surface area (Å²) < 4.78 is 28.2. The first kappa shape index (κ1) is 24.6. The van der Waals surface area contributed by atoms with Crippen LogP contribution < -0.4 is 16.4 Å². The maximum Gasteiger partial charge on any atom is 0.213 e. The van der Waals surface area contributed by atoms with E-state index in [-0.39, 0.29) is 17.2 Å². The number of nitrogen functional groups attached to an aromatic ring is 1. The largest absolute Gasteiger partial charge is 0.382 e. The number of fused-ring (bicyclic) bond motifs is 1. The molecule has 0 radical (unpaired) electrons. The van der Waals surface area contributed by atoms with E-state index >= 15 is 0 Å². The highest BCUT2D eigenvalue weighted by atomic mass is 35.5. The van der Waals surface area contributed by atoms with Crippen molar-refractivity contribution in [1.29, 1.82) is 0 Å². The fourth-order valence-electron chi connectivity index (χ4n) is 5.07. The molecule has 2 aliphatic rings. The van der Waals surface area contributed by atoms with E-state index in [1.54, 1.807) is 23.6 Å². The second-order valence-corrected chi connectivity index (χ2v) is 12.8. The summed E-state index contributed by atoms with van der Waals surface area (Å²) in [4.78, 5) is 17.3. The molecule has 0 saturated carbocycles. The van der Waals surface area contributed by atoms with Crippen LogP contribution in [0.5, 0.6) is 0 Å². The quantitative estimate of drug-likeness (QED) is 0.504. The van der Waals surface area contributed by atoms with Crippen molar-refractivity contribution in [2.24, 2.45) is 11.1 Å². The number of anilines is 2. The Morgan fingerprint density at radius 3 is 2.60 bits per heavy atom. The van der Waals surface area contributed by atoms with E-state index < -0.39 is 10.0 Å². The van der Waals surface area contributed by atoms with Crippen molar-refractivity contribution in [3.05, 3.63) is 35.9 Å². The molecule has 188 valence electrons. The average molecular weight is 537 g/mol. The first-order valence-corrected chi connectivity index (χ1v) is 14.4. The molecule has 3 aromatic heterocycles. The highest BCUT2D eigenvalue weighted by molar-refractivity contribution is 7.99. The number of rotatable bonds is 5. The Balaban J connectivity index is 1.33. The van der Waals surface area contributed by atoms with Crippen LogP contribution in [0.1, 0.15) is 26.2 Å². The Hall–Kier alpha value is -2.12. The summed E-state index contributed by atoms with van der Waals surface area (Å²) in [6.45, 7) is 4.22. The number of pyridine rings is 1. The van der Waals surface area contributed by atoms with E-state index in [0.29, 0.717) is 23.9 Å². The minimum atomic E-state index is -3.21. The molecule has 1 unspecified atom stereocenters. The van der Waals surface area contributed by atoms with Crippen LogP contribution in [0.25, 0.3) is 5.65 Å². The molecule has 10 nitrogen and oxygen atoms in total. The summed E-state index contributed by atoms with van der Waals surface area (Å²) >= 11 is 7.79. The van der Waals surface area contributed by atoms with Gasteiger partial charge in [-0.05, 0) is 37.7 Å².